The molecule has 26 heavy (non-hydrogen) atoms. The van der Waals surface area contributed by atoms with Gasteiger partial charge in [0, 0.05) is 19.8 Å². The molecule has 2 rings (SSSR count). The Labute approximate surface area is 148 Å². The molecule has 2 N–H and O–H groups in total. The number of nitrogens with one attached hydrogen (secondary N) is 1. The van der Waals surface area contributed by atoms with Crippen molar-refractivity contribution in [2.45, 2.75) is 45.3 Å². The summed E-state index contributed by atoms with van der Waals surface area (Å²) in [5.74, 6) is -2.11. The van der Waals surface area contributed by atoms with E-state index in [9.17, 15) is 27.9 Å². The van der Waals surface area contributed by atoms with Gasteiger partial charge in [0.15, 0.2) is 5.69 Å². The maximum absolute atomic E-state index is 13.5. The third kappa shape index (κ3) is 4.00. The molecule has 2 heterocycles. The van der Waals surface area contributed by atoms with Crippen LogP contribution in [0.4, 0.5) is 13.2 Å². The third-order valence-corrected chi connectivity index (χ3v) is 4.41. The number of ether oxygens (including phenoxy) is 1. The number of rotatable bonds is 4. The number of carbonyl (C=O) groups is 2. The second kappa shape index (κ2) is 6.90. The number of carboxylic acid groups (broad SMARTS) is 1. The Balaban J connectivity index is 2.27. The molecule has 1 aromatic heterocycles. The van der Waals surface area contributed by atoms with Crippen LogP contribution in [0.25, 0.3) is 0 Å². The molecule has 0 bridgehead atoms. The average Bonchev–Trinajstić information content (AvgIpc) is 2.99. The number of hydrogen-bond acceptors (Lipinski definition) is 4. The Morgan fingerprint density at radius 1 is 1.31 bits per heavy atom. The van der Waals surface area contributed by atoms with Crippen LogP contribution < -0.4 is 5.32 Å². The number of hydrogen-bond donors (Lipinski definition) is 2. The number of aromatic nitrogens is 2. The maximum Gasteiger partial charge on any atom is 0.433 e. The molecule has 7 nitrogen and oxygen atoms in total. The summed E-state index contributed by atoms with van der Waals surface area (Å²) in [5.41, 5.74) is -4.00. The summed E-state index contributed by atoms with van der Waals surface area (Å²) in [6.07, 6.45) is -3.56. The van der Waals surface area contributed by atoms with Crippen LogP contribution >= 0.6 is 0 Å². The van der Waals surface area contributed by atoms with Crippen LogP contribution in [-0.4, -0.2) is 46.5 Å². The van der Waals surface area contributed by atoms with Crippen molar-refractivity contribution in [2.24, 2.45) is 5.41 Å². The fraction of sp³-hybridized carbons (Fsp3) is 0.688. The van der Waals surface area contributed by atoms with Gasteiger partial charge >= 0.3 is 12.1 Å². The maximum atomic E-state index is 13.5. The van der Waals surface area contributed by atoms with Crippen molar-refractivity contribution in [3.63, 3.8) is 0 Å². The number of aliphatic carboxylic acids is 1. The van der Waals surface area contributed by atoms with Crippen LogP contribution in [0.2, 0.25) is 0 Å². The topological polar surface area (TPSA) is 93.5 Å². The Morgan fingerprint density at radius 3 is 2.35 bits per heavy atom. The summed E-state index contributed by atoms with van der Waals surface area (Å²) in [4.78, 5) is 24.0. The summed E-state index contributed by atoms with van der Waals surface area (Å²) in [7, 11) is 0. The van der Waals surface area contributed by atoms with Gasteiger partial charge in [-0.2, -0.15) is 18.3 Å². The van der Waals surface area contributed by atoms with Crippen LogP contribution in [0.1, 0.15) is 49.7 Å². The summed E-state index contributed by atoms with van der Waals surface area (Å²) in [5, 5.41) is 15.5. The summed E-state index contributed by atoms with van der Waals surface area (Å²) in [6.45, 7) is 4.79. The van der Waals surface area contributed by atoms with Gasteiger partial charge < -0.3 is 15.2 Å². The normalized spacial score (nSPS) is 17.8. The van der Waals surface area contributed by atoms with Crippen molar-refractivity contribution in [3.8, 4) is 0 Å². The molecule has 1 aromatic rings. The van der Waals surface area contributed by atoms with Crippen LogP contribution in [0.3, 0.4) is 0 Å². The van der Waals surface area contributed by atoms with Gasteiger partial charge in [0.05, 0.1) is 22.7 Å². The molecule has 0 aromatic carbocycles. The third-order valence-electron chi connectivity index (χ3n) is 4.41. The van der Waals surface area contributed by atoms with Gasteiger partial charge in [-0.15, -0.1) is 0 Å². The number of halogens is 3. The molecule has 146 valence electrons. The molecule has 0 atom stereocenters. The summed E-state index contributed by atoms with van der Waals surface area (Å²) in [6, 6.07) is 0. The summed E-state index contributed by atoms with van der Waals surface area (Å²) < 4.78 is 46.3. The van der Waals surface area contributed by atoms with Gasteiger partial charge in [0.1, 0.15) is 0 Å². The van der Waals surface area contributed by atoms with Crippen LogP contribution in [0, 0.1) is 5.41 Å². The number of nitrogens with zero attached hydrogens (tertiary/aromatic N) is 2. The van der Waals surface area contributed by atoms with Gasteiger partial charge in [0.25, 0.3) is 5.91 Å². The van der Waals surface area contributed by atoms with E-state index in [4.69, 9.17) is 4.74 Å². The predicted molar refractivity (Wildman–Crippen MR) is 84.7 cm³/mol. The zero-order chi connectivity index (χ0) is 19.8. The fourth-order valence-electron chi connectivity index (χ4n) is 2.87. The minimum absolute atomic E-state index is 0.177. The molecule has 0 spiro atoms. The molecule has 0 unspecified atom stereocenters. The highest BCUT2D eigenvalue weighted by molar-refractivity contribution is 5.95. The van der Waals surface area contributed by atoms with Crippen molar-refractivity contribution in [3.05, 3.63) is 17.5 Å². The van der Waals surface area contributed by atoms with Gasteiger partial charge in [-0.25, -0.2) is 0 Å². The van der Waals surface area contributed by atoms with Crippen LogP contribution in [0.15, 0.2) is 6.20 Å². The highest BCUT2D eigenvalue weighted by atomic mass is 19.4. The SMILES string of the molecule is CC(C)(C)n1ncc(C(=O)NCC2(C(=O)O)CCOCC2)c1C(F)(F)F. The molecule has 10 heteroatoms. The molecule has 1 aliphatic heterocycles. The van der Waals surface area contributed by atoms with E-state index in [0.717, 1.165) is 10.9 Å². The zero-order valence-electron chi connectivity index (χ0n) is 14.8. The monoisotopic (exact) mass is 377 g/mol. The molecule has 1 aliphatic rings. The number of carbonyl (C=O) groups excluding carboxylic acids is 1. The van der Waals surface area contributed by atoms with Crippen LogP contribution in [0.5, 0.6) is 0 Å². The highest BCUT2D eigenvalue weighted by Crippen LogP contribution is 2.35. The van der Waals surface area contributed by atoms with Crippen molar-refractivity contribution < 1.29 is 32.6 Å². The highest BCUT2D eigenvalue weighted by Gasteiger charge is 2.44. The Bertz CT molecular complexity index is 686. The van der Waals surface area contributed by atoms with E-state index in [1.54, 1.807) is 20.8 Å². The molecular formula is C16H22F3N3O4. The van der Waals surface area contributed by atoms with E-state index in [-0.39, 0.29) is 32.6 Å². The van der Waals surface area contributed by atoms with Crippen molar-refractivity contribution in [1.82, 2.24) is 15.1 Å². The van der Waals surface area contributed by atoms with Crippen molar-refractivity contribution in [1.29, 1.82) is 0 Å². The average molecular weight is 377 g/mol. The second-order valence-corrected chi connectivity index (χ2v) is 7.37. The first-order valence-electron chi connectivity index (χ1n) is 8.13. The molecule has 1 fully saturated rings. The fourth-order valence-corrected chi connectivity index (χ4v) is 2.87. The Hall–Kier alpha value is -2.10. The first kappa shape index (κ1) is 20.2. The van der Waals surface area contributed by atoms with Crippen molar-refractivity contribution in [2.75, 3.05) is 19.8 Å². The number of amides is 1. The molecule has 0 aliphatic carbocycles. The Kier molecular flexibility index (Phi) is 5.36. The molecule has 1 saturated heterocycles. The molecular weight excluding hydrogens is 355 g/mol. The molecule has 0 saturated carbocycles. The first-order valence-corrected chi connectivity index (χ1v) is 8.13. The lowest BCUT2D eigenvalue weighted by molar-refractivity contribution is -0.154. The predicted octanol–water partition coefficient (Wildman–Crippen LogP) is 2.27. The van der Waals surface area contributed by atoms with E-state index in [2.05, 4.69) is 10.4 Å². The molecule has 1 amide bonds. The minimum atomic E-state index is -4.78. The van der Waals surface area contributed by atoms with E-state index in [0.29, 0.717) is 0 Å². The number of carboxylic acids is 1. The lowest BCUT2D eigenvalue weighted by Gasteiger charge is -2.33. The number of alkyl halides is 3. The Morgan fingerprint density at radius 2 is 1.88 bits per heavy atom. The van der Waals surface area contributed by atoms with Gasteiger partial charge in [-0.3, -0.25) is 14.3 Å². The quantitative estimate of drug-likeness (QED) is 0.840. The standard InChI is InChI=1S/C16H22F3N3O4/c1-14(2,3)22-11(16(17,18)19)10(8-21-22)12(23)20-9-15(13(24)25)4-6-26-7-5-15/h8H,4-7,9H2,1-3H3,(H,20,23)(H,24,25). The van der Waals surface area contributed by atoms with E-state index < -0.39 is 40.3 Å². The summed E-state index contributed by atoms with van der Waals surface area (Å²) >= 11 is 0. The van der Waals surface area contributed by atoms with Gasteiger partial charge in [-0.1, -0.05) is 0 Å². The van der Waals surface area contributed by atoms with E-state index in [1.807, 2.05) is 0 Å². The second-order valence-electron chi connectivity index (χ2n) is 7.37. The van der Waals surface area contributed by atoms with Gasteiger partial charge in [-0.05, 0) is 33.6 Å². The zero-order valence-corrected chi connectivity index (χ0v) is 14.8. The smallest absolute Gasteiger partial charge is 0.433 e. The van der Waals surface area contributed by atoms with Crippen LogP contribution in [-0.2, 0) is 21.2 Å². The lowest BCUT2D eigenvalue weighted by atomic mass is 9.80. The lowest BCUT2D eigenvalue weighted by Crippen LogP contribution is -2.46. The first-order chi connectivity index (χ1) is 11.9. The van der Waals surface area contributed by atoms with E-state index >= 15 is 0 Å². The van der Waals surface area contributed by atoms with E-state index in [1.165, 1.54) is 0 Å². The largest absolute Gasteiger partial charge is 0.481 e. The molecule has 0 radical (unpaired) electrons. The van der Waals surface area contributed by atoms with Gasteiger partial charge in [0.2, 0.25) is 0 Å². The minimum Gasteiger partial charge on any atom is -0.481 e. The van der Waals surface area contributed by atoms with Crippen molar-refractivity contribution >= 4 is 11.9 Å².